The first kappa shape index (κ1) is 25.2. The van der Waals surface area contributed by atoms with E-state index in [0.29, 0.717) is 60.6 Å². The minimum absolute atomic E-state index is 0.310. The third kappa shape index (κ3) is 5.05. The van der Waals surface area contributed by atoms with Crippen LogP contribution in [0.15, 0.2) is 30.3 Å². The van der Waals surface area contributed by atoms with Gasteiger partial charge in [0.25, 0.3) is 0 Å². The summed E-state index contributed by atoms with van der Waals surface area (Å²) in [5.74, 6) is -2.36. The molecule has 0 bridgehead atoms. The Balaban J connectivity index is 2.24. The van der Waals surface area contributed by atoms with Gasteiger partial charge in [-0.25, -0.2) is 0 Å². The molecule has 0 amide bonds. The van der Waals surface area contributed by atoms with E-state index in [2.05, 4.69) is 0 Å². The average Bonchev–Trinajstić information content (AvgIpc) is 3.08. The third-order valence-corrected chi connectivity index (χ3v) is 5.88. The third-order valence-electron chi connectivity index (χ3n) is 5.88. The maximum atomic E-state index is 12.5. The fourth-order valence-electron chi connectivity index (χ4n) is 4.73. The molecule has 0 saturated carbocycles. The van der Waals surface area contributed by atoms with Crippen LogP contribution in [-0.4, -0.2) is 48.6 Å². The van der Waals surface area contributed by atoms with Gasteiger partial charge in [0.2, 0.25) is 0 Å². The van der Waals surface area contributed by atoms with E-state index in [1.54, 1.807) is 24.3 Å². The van der Waals surface area contributed by atoms with Gasteiger partial charge in [0.15, 0.2) is 23.0 Å². The van der Waals surface area contributed by atoms with E-state index < -0.39 is 29.7 Å². The summed E-state index contributed by atoms with van der Waals surface area (Å²) in [6.07, 6.45) is -0.310. The molecule has 34 heavy (non-hydrogen) atoms. The SMILES string of the molecule is CCOc1ccc(C2c3cc(OCC)c(OCC)cc3C(CC(=O)O)C2C(=O)O)cc1OCC. The van der Waals surface area contributed by atoms with E-state index in [0.717, 1.165) is 5.56 Å². The van der Waals surface area contributed by atoms with Crippen LogP contribution in [0.4, 0.5) is 0 Å². The van der Waals surface area contributed by atoms with Crippen molar-refractivity contribution in [3.63, 3.8) is 0 Å². The Morgan fingerprint density at radius 2 is 1.24 bits per heavy atom. The molecule has 2 N–H and O–H groups in total. The van der Waals surface area contributed by atoms with Crippen LogP contribution in [0, 0.1) is 5.92 Å². The van der Waals surface area contributed by atoms with Gasteiger partial charge >= 0.3 is 11.9 Å². The van der Waals surface area contributed by atoms with Crippen molar-refractivity contribution in [3.8, 4) is 23.0 Å². The predicted octanol–water partition coefficient (Wildman–Crippen LogP) is 4.69. The highest BCUT2D eigenvalue weighted by atomic mass is 16.5. The number of hydrogen-bond acceptors (Lipinski definition) is 6. The molecule has 2 aromatic carbocycles. The van der Waals surface area contributed by atoms with Gasteiger partial charge in [-0.1, -0.05) is 6.07 Å². The molecule has 3 unspecified atom stereocenters. The van der Waals surface area contributed by atoms with E-state index >= 15 is 0 Å². The van der Waals surface area contributed by atoms with Gasteiger partial charge in [-0.2, -0.15) is 0 Å². The highest BCUT2D eigenvalue weighted by Crippen LogP contribution is 2.54. The van der Waals surface area contributed by atoms with Crippen molar-refractivity contribution < 1.29 is 38.7 Å². The van der Waals surface area contributed by atoms with Gasteiger partial charge in [0.05, 0.1) is 38.8 Å². The highest BCUT2D eigenvalue weighted by Gasteiger charge is 2.47. The molecule has 3 rings (SSSR count). The van der Waals surface area contributed by atoms with Gasteiger partial charge in [-0.15, -0.1) is 0 Å². The van der Waals surface area contributed by atoms with Gasteiger partial charge in [-0.05, 0) is 68.7 Å². The summed E-state index contributed by atoms with van der Waals surface area (Å²) < 4.78 is 23.0. The monoisotopic (exact) mass is 472 g/mol. The molecule has 1 aliphatic carbocycles. The molecule has 0 saturated heterocycles. The molecule has 0 aromatic heterocycles. The van der Waals surface area contributed by atoms with Crippen molar-refractivity contribution in [1.82, 2.24) is 0 Å². The van der Waals surface area contributed by atoms with E-state index in [1.165, 1.54) is 0 Å². The predicted molar refractivity (Wildman–Crippen MR) is 126 cm³/mol. The normalized spacial score (nSPS) is 18.8. The Bertz CT molecular complexity index is 1030. The van der Waals surface area contributed by atoms with Crippen molar-refractivity contribution >= 4 is 11.9 Å². The summed E-state index contributed by atoms with van der Waals surface area (Å²) in [7, 11) is 0. The number of carboxylic acid groups (broad SMARTS) is 2. The number of aliphatic carboxylic acids is 2. The van der Waals surface area contributed by atoms with Gasteiger partial charge in [-0.3, -0.25) is 9.59 Å². The lowest BCUT2D eigenvalue weighted by Crippen LogP contribution is -2.24. The second-order valence-electron chi connectivity index (χ2n) is 7.91. The summed E-state index contributed by atoms with van der Waals surface area (Å²) in [4.78, 5) is 24.3. The van der Waals surface area contributed by atoms with Crippen molar-refractivity contribution in [2.45, 2.75) is 46.0 Å². The van der Waals surface area contributed by atoms with Crippen LogP contribution < -0.4 is 18.9 Å². The quantitative estimate of drug-likeness (QED) is 0.458. The van der Waals surface area contributed by atoms with Crippen LogP contribution in [0.3, 0.4) is 0 Å². The molecule has 184 valence electrons. The second kappa shape index (κ2) is 11.1. The molecule has 0 spiro atoms. The number of hydrogen-bond donors (Lipinski definition) is 2. The molecule has 2 aromatic rings. The zero-order valence-electron chi connectivity index (χ0n) is 20.0. The summed E-state index contributed by atoms with van der Waals surface area (Å²) >= 11 is 0. The lowest BCUT2D eigenvalue weighted by Gasteiger charge is -2.22. The highest BCUT2D eigenvalue weighted by molar-refractivity contribution is 5.79. The molecule has 0 aliphatic heterocycles. The first-order valence-corrected chi connectivity index (χ1v) is 11.6. The number of ether oxygens (including phenoxy) is 4. The molecular weight excluding hydrogens is 440 g/mol. The number of rotatable bonds is 12. The number of fused-ring (bicyclic) bond motifs is 1. The fourth-order valence-corrected chi connectivity index (χ4v) is 4.73. The first-order valence-electron chi connectivity index (χ1n) is 11.6. The standard InChI is InChI=1S/C26H32O8/c1-5-31-19-10-9-15(11-20(19)32-6-2)24-17-13-22(34-8-4)21(33-7-3)12-16(17)18(14-23(27)28)25(24)26(29)30/h9-13,18,24-25H,5-8,14H2,1-4H3,(H,27,28)(H,29,30). The zero-order valence-corrected chi connectivity index (χ0v) is 20.0. The smallest absolute Gasteiger partial charge is 0.308 e. The Morgan fingerprint density at radius 3 is 1.74 bits per heavy atom. The van der Waals surface area contributed by atoms with Crippen LogP contribution in [0.1, 0.15) is 62.6 Å². The first-order chi connectivity index (χ1) is 16.4. The minimum Gasteiger partial charge on any atom is -0.490 e. The Kier molecular flexibility index (Phi) is 8.26. The van der Waals surface area contributed by atoms with E-state index in [4.69, 9.17) is 18.9 Å². The van der Waals surface area contributed by atoms with Crippen molar-refractivity contribution in [2.24, 2.45) is 5.92 Å². The van der Waals surface area contributed by atoms with E-state index in [-0.39, 0.29) is 6.42 Å². The van der Waals surface area contributed by atoms with Crippen LogP contribution in [-0.2, 0) is 9.59 Å². The Morgan fingerprint density at radius 1 is 0.735 bits per heavy atom. The molecule has 0 fully saturated rings. The maximum Gasteiger partial charge on any atom is 0.308 e. The second-order valence-corrected chi connectivity index (χ2v) is 7.91. The number of carboxylic acids is 2. The summed E-state index contributed by atoms with van der Waals surface area (Å²) in [6, 6.07) is 8.91. The van der Waals surface area contributed by atoms with Crippen LogP contribution >= 0.6 is 0 Å². The maximum absolute atomic E-state index is 12.5. The average molecular weight is 473 g/mol. The summed E-state index contributed by atoms with van der Waals surface area (Å²) in [5, 5.41) is 19.8. The lowest BCUT2D eigenvalue weighted by molar-refractivity contribution is -0.143. The minimum atomic E-state index is -1.06. The molecule has 1 aliphatic rings. The number of benzene rings is 2. The van der Waals surface area contributed by atoms with Crippen molar-refractivity contribution in [2.75, 3.05) is 26.4 Å². The molecule has 8 heteroatoms. The summed E-state index contributed by atoms with van der Waals surface area (Å²) in [5.41, 5.74) is 2.08. The topological polar surface area (TPSA) is 112 Å². The van der Waals surface area contributed by atoms with Gasteiger partial charge in [0.1, 0.15) is 0 Å². The van der Waals surface area contributed by atoms with Crippen molar-refractivity contribution in [3.05, 3.63) is 47.0 Å². The van der Waals surface area contributed by atoms with Crippen molar-refractivity contribution in [1.29, 1.82) is 0 Å². The van der Waals surface area contributed by atoms with E-state index in [9.17, 15) is 19.8 Å². The zero-order chi connectivity index (χ0) is 24.8. The molecule has 8 nitrogen and oxygen atoms in total. The largest absolute Gasteiger partial charge is 0.490 e. The van der Waals surface area contributed by atoms with Gasteiger partial charge in [0, 0.05) is 11.8 Å². The fraction of sp³-hybridized carbons (Fsp3) is 0.462. The van der Waals surface area contributed by atoms with Crippen LogP contribution in [0.2, 0.25) is 0 Å². The summed E-state index contributed by atoms with van der Waals surface area (Å²) in [6.45, 7) is 9.11. The van der Waals surface area contributed by atoms with E-state index in [1.807, 2.05) is 33.8 Å². The molecule has 0 radical (unpaired) electrons. The van der Waals surface area contributed by atoms with Crippen LogP contribution in [0.5, 0.6) is 23.0 Å². The molecule has 3 atom stereocenters. The molecular formula is C26H32O8. The Labute approximate surface area is 199 Å². The molecule has 0 heterocycles. The number of carbonyl (C=O) groups is 2. The van der Waals surface area contributed by atoms with Gasteiger partial charge < -0.3 is 29.2 Å². The van der Waals surface area contributed by atoms with Crippen LogP contribution in [0.25, 0.3) is 0 Å². The lowest BCUT2D eigenvalue weighted by atomic mass is 9.81. The Hall–Kier alpha value is -3.42.